The van der Waals surface area contributed by atoms with Crippen LogP contribution in [-0.2, 0) is 37.0 Å². The average Bonchev–Trinajstić information content (AvgIpc) is 3.41. The zero-order valence-corrected chi connectivity index (χ0v) is 27.1. The summed E-state index contributed by atoms with van der Waals surface area (Å²) in [5.74, 6) is -1.56. The van der Waals surface area contributed by atoms with Crippen molar-refractivity contribution in [2.45, 2.75) is 55.5 Å². The lowest BCUT2D eigenvalue weighted by Crippen LogP contribution is -2.42. The lowest BCUT2D eigenvalue weighted by molar-refractivity contribution is -0.245. The molecule has 12 heteroatoms. The van der Waals surface area contributed by atoms with Gasteiger partial charge in [-0.2, -0.15) is 0 Å². The first-order valence-corrected chi connectivity index (χ1v) is 16.7. The van der Waals surface area contributed by atoms with Crippen LogP contribution in [0.15, 0.2) is 108 Å². The normalized spacial score (nSPS) is 20.6. The highest BCUT2D eigenvalue weighted by atomic mass is 32.2. The predicted octanol–water partition coefficient (Wildman–Crippen LogP) is 5.77. The largest absolute Gasteiger partial charge is 0.478 e. The van der Waals surface area contributed by atoms with Crippen molar-refractivity contribution >= 4 is 41.3 Å². The highest BCUT2D eigenvalue weighted by Gasteiger charge is 2.41. The Morgan fingerprint density at radius 3 is 2.27 bits per heavy atom. The number of aromatic carboxylic acids is 1. The fraction of sp³-hybridized carbons (Fsp3) is 0.243. The van der Waals surface area contributed by atoms with Crippen LogP contribution in [0.3, 0.4) is 0 Å². The van der Waals surface area contributed by atoms with Gasteiger partial charge in [-0.15, -0.1) is 11.8 Å². The number of carbonyl (C=O) groups excluding carboxylic acids is 3. The molecule has 2 heterocycles. The fourth-order valence-electron chi connectivity index (χ4n) is 5.68. The number of aliphatic hydroxyl groups excluding tert-OH is 1. The second-order valence-corrected chi connectivity index (χ2v) is 12.6. The van der Waals surface area contributed by atoms with E-state index in [9.17, 15) is 29.4 Å². The van der Waals surface area contributed by atoms with Crippen LogP contribution in [0, 0.1) is 0 Å². The molecule has 3 amide bonds. The lowest BCUT2D eigenvalue weighted by Gasteiger charge is -2.36. The number of hydrogen-bond donors (Lipinski definition) is 3. The summed E-state index contributed by atoms with van der Waals surface area (Å²) in [5, 5.41) is 21.6. The van der Waals surface area contributed by atoms with E-state index in [4.69, 9.17) is 14.2 Å². The maximum atomic E-state index is 13.2. The van der Waals surface area contributed by atoms with Crippen LogP contribution in [0.1, 0.15) is 57.8 Å². The van der Waals surface area contributed by atoms with E-state index in [0.717, 1.165) is 21.6 Å². The molecule has 11 nitrogen and oxygen atoms in total. The van der Waals surface area contributed by atoms with Crippen LogP contribution in [0.4, 0.5) is 10.5 Å². The first-order valence-electron chi connectivity index (χ1n) is 15.7. The number of imide groups is 1. The van der Waals surface area contributed by atoms with Crippen LogP contribution < -0.4 is 10.2 Å². The van der Waals surface area contributed by atoms with Gasteiger partial charge in [-0.25, -0.2) is 14.5 Å². The van der Waals surface area contributed by atoms with Gasteiger partial charge in [-0.1, -0.05) is 78.9 Å². The Bertz CT molecular complexity index is 1800. The second-order valence-electron chi connectivity index (χ2n) is 11.6. The molecule has 0 spiro atoms. The monoisotopic (exact) mass is 682 g/mol. The minimum Gasteiger partial charge on any atom is -0.478 e. The smallest absolute Gasteiger partial charge is 0.408 e. The van der Waals surface area contributed by atoms with Crippen molar-refractivity contribution in [3.8, 4) is 0 Å². The molecule has 2 aliphatic rings. The predicted molar refractivity (Wildman–Crippen MR) is 180 cm³/mol. The molecule has 3 N–H and O–H groups in total. The third-order valence-corrected chi connectivity index (χ3v) is 9.44. The van der Waals surface area contributed by atoms with E-state index in [0.29, 0.717) is 28.3 Å². The van der Waals surface area contributed by atoms with E-state index in [1.54, 1.807) is 48.5 Å². The molecule has 0 aromatic heterocycles. The summed E-state index contributed by atoms with van der Waals surface area (Å²) in [7, 11) is 0. The number of rotatable bonds is 11. The summed E-state index contributed by atoms with van der Waals surface area (Å²) in [4.78, 5) is 51.9. The number of carboxylic acid groups (broad SMARTS) is 1. The van der Waals surface area contributed by atoms with Gasteiger partial charge in [-0.3, -0.25) is 9.59 Å². The van der Waals surface area contributed by atoms with Crippen LogP contribution in [0.2, 0.25) is 0 Å². The molecule has 49 heavy (non-hydrogen) atoms. The number of carbonyl (C=O) groups is 4. The van der Waals surface area contributed by atoms with Gasteiger partial charge in [-0.05, 0) is 41.0 Å². The molecule has 4 aromatic carbocycles. The van der Waals surface area contributed by atoms with Gasteiger partial charge in [0, 0.05) is 22.6 Å². The molecule has 0 radical (unpaired) electrons. The number of ether oxygens (including phenoxy) is 3. The number of carboxylic acids is 1. The van der Waals surface area contributed by atoms with Gasteiger partial charge >= 0.3 is 12.1 Å². The molecule has 0 aliphatic carbocycles. The number of aliphatic hydroxyl groups is 1. The van der Waals surface area contributed by atoms with Crippen LogP contribution >= 0.6 is 11.8 Å². The number of alkyl carbamates (subject to hydrolysis) is 1. The molecule has 4 atom stereocenters. The van der Waals surface area contributed by atoms with Crippen molar-refractivity contribution in [1.29, 1.82) is 0 Å². The lowest BCUT2D eigenvalue weighted by atomic mass is 10.0. The van der Waals surface area contributed by atoms with E-state index < -0.39 is 36.2 Å². The molecule has 2 fully saturated rings. The molecular weight excluding hydrogens is 648 g/mol. The average molecular weight is 683 g/mol. The first-order chi connectivity index (χ1) is 23.8. The molecule has 252 valence electrons. The Hall–Kier alpha value is -5.01. The van der Waals surface area contributed by atoms with E-state index in [2.05, 4.69) is 5.32 Å². The second kappa shape index (κ2) is 15.5. The van der Waals surface area contributed by atoms with Gasteiger partial charge in [0.25, 0.3) is 5.91 Å². The maximum absolute atomic E-state index is 13.2. The minimum absolute atomic E-state index is 0.0298. The molecule has 0 bridgehead atoms. The van der Waals surface area contributed by atoms with Gasteiger partial charge in [0.05, 0.1) is 36.5 Å². The summed E-state index contributed by atoms with van der Waals surface area (Å²) in [6, 6.07) is 29.0. The Morgan fingerprint density at radius 1 is 0.857 bits per heavy atom. The molecular formula is C37H34N2O9S. The Kier molecular flexibility index (Phi) is 10.7. The molecule has 6 rings (SSSR count). The number of nitrogens with zero attached hydrogens (tertiary/aromatic N) is 1. The van der Waals surface area contributed by atoms with Crippen molar-refractivity contribution in [2.24, 2.45) is 0 Å². The number of nitrogens with one attached hydrogen (secondary N) is 1. The van der Waals surface area contributed by atoms with Crippen LogP contribution in [0.25, 0.3) is 0 Å². The third kappa shape index (κ3) is 8.18. The highest BCUT2D eigenvalue weighted by molar-refractivity contribution is 7.99. The summed E-state index contributed by atoms with van der Waals surface area (Å²) < 4.78 is 18.0. The third-order valence-electron chi connectivity index (χ3n) is 8.23. The van der Waals surface area contributed by atoms with Gasteiger partial charge < -0.3 is 29.7 Å². The van der Waals surface area contributed by atoms with E-state index >= 15 is 0 Å². The molecule has 2 aliphatic heterocycles. The van der Waals surface area contributed by atoms with Crippen molar-refractivity contribution < 1.29 is 43.6 Å². The van der Waals surface area contributed by atoms with Crippen molar-refractivity contribution in [2.75, 3.05) is 10.7 Å². The van der Waals surface area contributed by atoms with Crippen LogP contribution in [-0.4, -0.2) is 52.0 Å². The summed E-state index contributed by atoms with van der Waals surface area (Å²) >= 11 is 1.39. The number of benzene rings is 4. The quantitative estimate of drug-likeness (QED) is 0.131. The Balaban J connectivity index is 1.14. The van der Waals surface area contributed by atoms with E-state index in [1.165, 1.54) is 11.8 Å². The van der Waals surface area contributed by atoms with E-state index in [1.807, 2.05) is 54.6 Å². The Labute approximate surface area is 286 Å². The first kappa shape index (κ1) is 33.9. The highest BCUT2D eigenvalue weighted by Crippen LogP contribution is 2.40. The zero-order chi connectivity index (χ0) is 34.3. The van der Waals surface area contributed by atoms with Gasteiger partial charge in [0.2, 0.25) is 5.91 Å². The summed E-state index contributed by atoms with van der Waals surface area (Å²) in [6.07, 6.45) is -1.96. The number of hydrogen-bond acceptors (Lipinski definition) is 9. The van der Waals surface area contributed by atoms with Crippen molar-refractivity contribution in [1.82, 2.24) is 5.32 Å². The summed E-state index contributed by atoms with van der Waals surface area (Å²) in [5.41, 5.74) is 3.67. The molecule has 2 saturated heterocycles. The SMILES string of the molecule is O=C(NC1CC(=O)N(c2ccc([C@H]3O[C@@H](CSc4ccccc4C(=O)O)C[C@@H](c4ccc(CO)cc4)O3)cc2)C1=O)OCc1ccccc1. The topological polar surface area (TPSA) is 152 Å². The number of amides is 3. The zero-order valence-electron chi connectivity index (χ0n) is 26.3. The molecule has 4 aromatic rings. The Morgan fingerprint density at radius 2 is 1.55 bits per heavy atom. The van der Waals surface area contributed by atoms with Gasteiger partial charge in [0.15, 0.2) is 6.29 Å². The van der Waals surface area contributed by atoms with E-state index in [-0.39, 0.29) is 37.4 Å². The molecule has 0 saturated carbocycles. The van der Waals surface area contributed by atoms with Crippen molar-refractivity contribution in [3.05, 3.63) is 131 Å². The van der Waals surface area contributed by atoms with Crippen molar-refractivity contribution in [3.63, 3.8) is 0 Å². The number of thioether (sulfide) groups is 1. The van der Waals surface area contributed by atoms with Gasteiger partial charge in [0.1, 0.15) is 12.6 Å². The maximum Gasteiger partial charge on any atom is 0.408 e. The molecule has 1 unspecified atom stereocenters. The minimum atomic E-state index is -1.05. The summed E-state index contributed by atoms with van der Waals surface area (Å²) in [6.45, 7) is -0.0503. The fourth-order valence-corrected chi connectivity index (χ4v) is 6.74. The number of anilines is 1. The van der Waals surface area contributed by atoms with Crippen LogP contribution in [0.5, 0.6) is 0 Å². The standard InChI is InChI=1S/C37H34N2O9S/c40-20-23-10-12-25(13-11-23)31-18-28(22-49-32-9-5-4-8-29(32)35(43)44)47-36(48-31)26-14-16-27(17-15-26)39-33(41)19-30(34(39)42)38-37(45)46-21-24-6-2-1-3-7-24/h1-17,28,30-31,36,40H,18-22H2,(H,38,45)(H,43,44)/t28-,30?,31+,36+/m1/s1.